The molecular weight excluding hydrogens is 318 g/mol. The van der Waals surface area contributed by atoms with Gasteiger partial charge in [-0.3, -0.25) is 4.79 Å². The highest BCUT2D eigenvalue weighted by molar-refractivity contribution is 9.09. The van der Waals surface area contributed by atoms with E-state index in [1.807, 2.05) is 13.8 Å². The molecule has 0 saturated carbocycles. The van der Waals surface area contributed by atoms with Gasteiger partial charge in [-0.25, -0.2) is 8.42 Å². The number of alkyl halides is 1. The third-order valence-electron chi connectivity index (χ3n) is 3.72. The highest BCUT2D eigenvalue weighted by Gasteiger charge is 2.37. The Labute approximate surface area is 118 Å². The summed E-state index contributed by atoms with van der Waals surface area (Å²) >= 11 is 3.36. The maximum absolute atomic E-state index is 12.2. The van der Waals surface area contributed by atoms with Crippen molar-refractivity contribution in [3.8, 4) is 0 Å². The number of halogens is 1. The minimum absolute atomic E-state index is 0.145. The van der Waals surface area contributed by atoms with Crippen LogP contribution in [0.4, 0.5) is 0 Å². The van der Waals surface area contributed by atoms with Crippen LogP contribution in [-0.4, -0.2) is 36.2 Å². The molecule has 2 unspecified atom stereocenters. The van der Waals surface area contributed by atoms with E-state index in [4.69, 9.17) is 0 Å². The minimum Gasteiger partial charge on any atom is -0.350 e. The molecule has 0 bridgehead atoms. The van der Waals surface area contributed by atoms with E-state index in [1.54, 1.807) is 0 Å². The van der Waals surface area contributed by atoms with E-state index in [2.05, 4.69) is 21.2 Å². The van der Waals surface area contributed by atoms with Gasteiger partial charge in [0.2, 0.25) is 5.91 Å². The molecule has 4 nitrogen and oxygen atoms in total. The third kappa shape index (κ3) is 3.95. The lowest BCUT2D eigenvalue weighted by Gasteiger charge is -2.32. The van der Waals surface area contributed by atoms with Gasteiger partial charge in [-0.15, -0.1) is 0 Å². The van der Waals surface area contributed by atoms with Crippen molar-refractivity contribution in [3.63, 3.8) is 0 Å². The molecule has 18 heavy (non-hydrogen) atoms. The fourth-order valence-corrected chi connectivity index (χ4v) is 4.84. The molecule has 0 spiro atoms. The van der Waals surface area contributed by atoms with Gasteiger partial charge in [0.25, 0.3) is 0 Å². The number of nitrogens with one attached hydrogen (secondary N) is 1. The van der Waals surface area contributed by atoms with Crippen molar-refractivity contribution in [1.29, 1.82) is 0 Å². The van der Waals surface area contributed by atoms with E-state index in [-0.39, 0.29) is 17.2 Å². The normalized spacial score (nSPS) is 26.3. The molecule has 0 aromatic carbocycles. The van der Waals surface area contributed by atoms with E-state index in [1.165, 1.54) is 0 Å². The van der Waals surface area contributed by atoms with Crippen molar-refractivity contribution >= 4 is 31.7 Å². The molecule has 0 aliphatic carbocycles. The zero-order valence-electron chi connectivity index (χ0n) is 11.0. The van der Waals surface area contributed by atoms with Crippen molar-refractivity contribution in [2.24, 2.45) is 0 Å². The number of hydrogen-bond acceptors (Lipinski definition) is 3. The quantitative estimate of drug-likeness (QED) is 0.779. The van der Waals surface area contributed by atoms with Crippen LogP contribution in [-0.2, 0) is 14.6 Å². The van der Waals surface area contributed by atoms with E-state index >= 15 is 0 Å². The molecular formula is C12H22BrNO3S. The van der Waals surface area contributed by atoms with Crippen molar-refractivity contribution in [3.05, 3.63) is 0 Å². The molecule has 1 heterocycles. The molecule has 1 amide bonds. The number of rotatable bonds is 5. The Kier molecular flexibility index (Phi) is 5.65. The SMILES string of the molecule is CCC(C)(CCBr)NC(=O)C1CCCCS1(=O)=O. The first kappa shape index (κ1) is 16.0. The van der Waals surface area contributed by atoms with Gasteiger partial charge in [0.05, 0.1) is 5.75 Å². The molecule has 106 valence electrons. The molecule has 0 aromatic heterocycles. The minimum atomic E-state index is -3.24. The molecule has 0 radical (unpaired) electrons. The first-order valence-corrected chi connectivity index (χ1v) is 9.28. The summed E-state index contributed by atoms with van der Waals surface area (Å²) in [5.41, 5.74) is -0.326. The zero-order chi connectivity index (χ0) is 13.8. The maximum atomic E-state index is 12.2. The monoisotopic (exact) mass is 339 g/mol. The lowest BCUT2D eigenvalue weighted by molar-refractivity contribution is -0.122. The van der Waals surface area contributed by atoms with Crippen LogP contribution in [0.3, 0.4) is 0 Å². The second-order valence-electron chi connectivity index (χ2n) is 5.19. The Bertz CT molecular complexity index is 396. The van der Waals surface area contributed by atoms with E-state index in [0.29, 0.717) is 12.8 Å². The summed E-state index contributed by atoms with van der Waals surface area (Å²) in [5, 5.41) is 2.87. The van der Waals surface area contributed by atoms with Crippen LogP contribution in [0.2, 0.25) is 0 Å². The molecule has 1 saturated heterocycles. The van der Waals surface area contributed by atoms with Crippen LogP contribution in [0.25, 0.3) is 0 Å². The molecule has 1 aliphatic heterocycles. The van der Waals surface area contributed by atoms with E-state index in [9.17, 15) is 13.2 Å². The van der Waals surface area contributed by atoms with Crippen molar-refractivity contribution in [1.82, 2.24) is 5.32 Å². The van der Waals surface area contributed by atoms with Gasteiger partial charge in [0.1, 0.15) is 5.25 Å². The fourth-order valence-electron chi connectivity index (χ4n) is 2.16. The predicted octanol–water partition coefficient (Wildman–Crippen LogP) is 2.02. The van der Waals surface area contributed by atoms with Gasteiger partial charge < -0.3 is 5.32 Å². The third-order valence-corrected chi connectivity index (χ3v) is 6.29. The highest BCUT2D eigenvalue weighted by Crippen LogP contribution is 2.22. The predicted molar refractivity (Wildman–Crippen MR) is 76.7 cm³/mol. The standard InChI is InChI=1S/C12H22BrNO3S/c1-3-12(2,7-8-13)14-11(15)10-6-4-5-9-18(10,16)17/h10H,3-9H2,1-2H3,(H,14,15). The van der Waals surface area contributed by atoms with Gasteiger partial charge in [0.15, 0.2) is 9.84 Å². The smallest absolute Gasteiger partial charge is 0.238 e. The second-order valence-corrected chi connectivity index (χ2v) is 8.29. The second kappa shape index (κ2) is 6.37. The average Bonchev–Trinajstić information content (AvgIpc) is 2.28. The average molecular weight is 340 g/mol. The van der Waals surface area contributed by atoms with E-state index < -0.39 is 15.1 Å². The number of sulfone groups is 1. The Morgan fingerprint density at radius 2 is 2.11 bits per heavy atom. The molecule has 1 N–H and O–H groups in total. The Balaban J connectivity index is 2.75. The van der Waals surface area contributed by atoms with Crippen LogP contribution in [0.5, 0.6) is 0 Å². The van der Waals surface area contributed by atoms with Gasteiger partial charge >= 0.3 is 0 Å². The molecule has 1 rings (SSSR count). The van der Waals surface area contributed by atoms with Crippen LogP contribution >= 0.6 is 15.9 Å². The molecule has 1 aliphatic rings. The summed E-state index contributed by atoms with van der Waals surface area (Å²) in [5.74, 6) is -0.174. The Morgan fingerprint density at radius 3 is 2.61 bits per heavy atom. The van der Waals surface area contributed by atoms with Crippen LogP contribution < -0.4 is 5.32 Å². The molecule has 1 fully saturated rings. The topological polar surface area (TPSA) is 63.2 Å². The van der Waals surface area contributed by atoms with Crippen LogP contribution in [0.15, 0.2) is 0 Å². The van der Waals surface area contributed by atoms with Crippen molar-refractivity contribution < 1.29 is 13.2 Å². The van der Waals surface area contributed by atoms with Crippen LogP contribution in [0.1, 0.15) is 46.0 Å². The zero-order valence-corrected chi connectivity index (χ0v) is 13.4. The molecule has 2 atom stereocenters. The summed E-state index contributed by atoms with van der Waals surface area (Å²) in [4.78, 5) is 12.2. The number of amides is 1. The fraction of sp³-hybridized carbons (Fsp3) is 0.917. The lowest BCUT2D eigenvalue weighted by atomic mass is 9.95. The summed E-state index contributed by atoms with van der Waals surface area (Å²) in [7, 11) is -3.24. The summed E-state index contributed by atoms with van der Waals surface area (Å²) in [6.07, 6.45) is 3.54. The summed E-state index contributed by atoms with van der Waals surface area (Å²) in [6, 6.07) is 0. The highest BCUT2D eigenvalue weighted by atomic mass is 79.9. The van der Waals surface area contributed by atoms with Gasteiger partial charge in [-0.1, -0.05) is 29.3 Å². The van der Waals surface area contributed by atoms with Crippen molar-refractivity contribution in [2.75, 3.05) is 11.1 Å². The molecule has 6 heteroatoms. The van der Waals surface area contributed by atoms with Gasteiger partial charge in [-0.05, 0) is 32.6 Å². The summed E-state index contributed by atoms with van der Waals surface area (Å²) < 4.78 is 23.8. The first-order valence-electron chi connectivity index (χ1n) is 6.44. The van der Waals surface area contributed by atoms with Gasteiger partial charge in [0, 0.05) is 10.9 Å². The van der Waals surface area contributed by atoms with Gasteiger partial charge in [-0.2, -0.15) is 0 Å². The lowest BCUT2D eigenvalue weighted by Crippen LogP contribution is -2.52. The van der Waals surface area contributed by atoms with E-state index in [0.717, 1.165) is 24.6 Å². The summed E-state index contributed by atoms with van der Waals surface area (Å²) in [6.45, 7) is 3.96. The Hall–Kier alpha value is -0.100. The number of hydrogen-bond donors (Lipinski definition) is 1. The van der Waals surface area contributed by atoms with Crippen LogP contribution in [0, 0.1) is 0 Å². The largest absolute Gasteiger partial charge is 0.350 e. The first-order chi connectivity index (χ1) is 8.34. The van der Waals surface area contributed by atoms with Crippen molar-refractivity contribution in [2.45, 2.75) is 56.7 Å². The number of carbonyl (C=O) groups is 1. The molecule has 0 aromatic rings. The Morgan fingerprint density at radius 1 is 1.44 bits per heavy atom. The number of carbonyl (C=O) groups excluding carboxylic acids is 1. The maximum Gasteiger partial charge on any atom is 0.238 e.